The number of aryl methyl sites for hydroxylation is 1. The highest BCUT2D eigenvalue weighted by molar-refractivity contribution is 7.89. The van der Waals surface area contributed by atoms with E-state index in [1.807, 2.05) is 0 Å². The third kappa shape index (κ3) is 3.37. The van der Waals surface area contributed by atoms with Crippen LogP contribution < -0.4 is 4.72 Å². The van der Waals surface area contributed by atoms with Crippen LogP contribution >= 0.6 is 0 Å². The third-order valence-electron chi connectivity index (χ3n) is 3.88. The maximum atomic E-state index is 13.1. The van der Waals surface area contributed by atoms with Gasteiger partial charge in [-0.2, -0.15) is 0 Å². The molecule has 1 aliphatic carbocycles. The number of aliphatic hydroxyl groups is 1. The fourth-order valence-corrected chi connectivity index (χ4v) is 4.32. The molecule has 1 saturated carbocycles. The first kappa shape index (κ1) is 15.4. The lowest BCUT2D eigenvalue weighted by molar-refractivity contribution is 0.164. The largest absolute Gasteiger partial charge is 0.396 e. The molecule has 1 fully saturated rings. The summed E-state index contributed by atoms with van der Waals surface area (Å²) in [5, 5.41) is 9.34. The Morgan fingerprint density at radius 1 is 1.35 bits per heavy atom. The first-order chi connectivity index (χ1) is 9.44. The number of rotatable bonds is 4. The van der Waals surface area contributed by atoms with Crippen molar-refractivity contribution in [1.29, 1.82) is 0 Å². The average Bonchev–Trinajstić information content (AvgIpc) is 2.38. The zero-order valence-electron chi connectivity index (χ0n) is 11.5. The quantitative estimate of drug-likeness (QED) is 0.893. The van der Waals surface area contributed by atoms with E-state index in [1.54, 1.807) is 6.92 Å². The molecule has 20 heavy (non-hydrogen) atoms. The normalized spacial score (nSPS) is 23.8. The van der Waals surface area contributed by atoms with Crippen LogP contribution in [0, 0.1) is 18.7 Å². The van der Waals surface area contributed by atoms with Crippen molar-refractivity contribution in [3.8, 4) is 0 Å². The summed E-state index contributed by atoms with van der Waals surface area (Å²) >= 11 is 0. The van der Waals surface area contributed by atoms with E-state index in [0.29, 0.717) is 5.56 Å². The van der Waals surface area contributed by atoms with Gasteiger partial charge < -0.3 is 5.11 Å². The zero-order chi connectivity index (χ0) is 14.8. The maximum absolute atomic E-state index is 13.1. The highest BCUT2D eigenvalue weighted by Crippen LogP contribution is 2.26. The first-order valence-electron chi connectivity index (χ1n) is 6.83. The van der Waals surface area contributed by atoms with Crippen molar-refractivity contribution in [1.82, 2.24) is 4.72 Å². The van der Waals surface area contributed by atoms with E-state index < -0.39 is 15.8 Å². The summed E-state index contributed by atoms with van der Waals surface area (Å²) < 4.78 is 40.5. The highest BCUT2D eigenvalue weighted by Gasteiger charge is 2.29. The van der Waals surface area contributed by atoms with Crippen LogP contribution in [-0.4, -0.2) is 26.2 Å². The molecule has 0 heterocycles. The molecule has 4 nitrogen and oxygen atoms in total. The SMILES string of the molecule is Cc1cc(F)ccc1S(=O)(=O)NC1CCCCC1CO. The number of halogens is 1. The predicted octanol–water partition coefficient (Wildman–Crippen LogP) is 1.96. The molecule has 1 aromatic rings. The number of nitrogens with one attached hydrogen (secondary N) is 1. The summed E-state index contributed by atoms with van der Waals surface area (Å²) in [6.45, 7) is 1.55. The topological polar surface area (TPSA) is 66.4 Å². The molecule has 1 aliphatic rings. The molecule has 0 saturated heterocycles. The van der Waals surface area contributed by atoms with Crippen molar-refractivity contribution in [2.75, 3.05) is 6.61 Å². The minimum Gasteiger partial charge on any atom is -0.396 e. The lowest BCUT2D eigenvalue weighted by Gasteiger charge is -2.30. The molecule has 2 atom stereocenters. The Bertz CT molecular complexity index is 574. The van der Waals surface area contributed by atoms with Gasteiger partial charge in [0.1, 0.15) is 5.82 Å². The summed E-state index contributed by atoms with van der Waals surface area (Å²) in [4.78, 5) is 0.0983. The smallest absolute Gasteiger partial charge is 0.241 e. The zero-order valence-corrected chi connectivity index (χ0v) is 12.3. The second-order valence-corrected chi connectivity index (χ2v) is 7.05. The number of benzene rings is 1. The summed E-state index contributed by atoms with van der Waals surface area (Å²) in [6.07, 6.45) is 3.52. The van der Waals surface area contributed by atoms with Gasteiger partial charge in [0.15, 0.2) is 0 Å². The van der Waals surface area contributed by atoms with Crippen LogP contribution in [0.25, 0.3) is 0 Å². The van der Waals surface area contributed by atoms with Crippen LogP contribution in [0.3, 0.4) is 0 Å². The van der Waals surface area contributed by atoms with Crippen molar-refractivity contribution in [2.24, 2.45) is 5.92 Å². The summed E-state index contributed by atoms with van der Waals surface area (Å²) in [5.74, 6) is -0.494. The Hall–Kier alpha value is -0.980. The van der Waals surface area contributed by atoms with Gasteiger partial charge in [0.05, 0.1) is 4.90 Å². The van der Waals surface area contributed by atoms with E-state index in [-0.39, 0.29) is 23.5 Å². The van der Waals surface area contributed by atoms with Crippen LogP contribution in [0.2, 0.25) is 0 Å². The van der Waals surface area contributed by atoms with Crippen LogP contribution in [-0.2, 0) is 10.0 Å². The van der Waals surface area contributed by atoms with Gasteiger partial charge in [-0.3, -0.25) is 0 Å². The average molecular weight is 301 g/mol. The number of aliphatic hydroxyl groups excluding tert-OH is 1. The summed E-state index contributed by atoms with van der Waals surface area (Å²) in [7, 11) is -3.68. The Labute approximate surface area is 119 Å². The summed E-state index contributed by atoms with van der Waals surface area (Å²) in [5.41, 5.74) is 0.383. The van der Waals surface area contributed by atoms with Gasteiger partial charge in [0.2, 0.25) is 10.0 Å². The molecular formula is C14H20FNO3S. The lowest BCUT2D eigenvalue weighted by atomic mass is 9.86. The maximum Gasteiger partial charge on any atom is 0.241 e. The molecule has 0 amide bonds. The van der Waals surface area contributed by atoms with Gasteiger partial charge in [0.25, 0.3) is 0 Å². The van der Waals surface area contributed by atoms with Crippen LogP contribution in [0.5, 0.6) is 0 Å². The third-order valence-corrected chi connectivity index (χ3v) is 5.53. The van der Waals surface area contributed by atoms with E-state index in [9.17, 15) is 17.9 Å². The summed E-state index contributed by atoms with van der Waals surface area (Å²) in [6, 6.07) is 3.39. The first-order valence-corrected chi connectivity index (χ1v) is 8.31. The Balaban J connectivity index is 2.22. The van der Waals surface area contributed by atoms with Crippen molar-refractivity contribution >= 4 is 10.0 Å². The molecule has 2 unspecified atom stereocenters. The van der Waals surface area contributed by atoms with E-state index in [2.05, 4.69) is 4.72 Å². The molecule has 2 rings (SSSR count). The van der Waals surface area contributed by atoms with Gasteiger partial charge in [-0.25, -0.2) is 17.5 Å². The predicted molar refractivity (Wildman–Crippen MR) is 74.3 cm³/mol. The second kappa shape index (κ2) is 6.20. The molecule has 6 heteroatoms. The molecule has 2 N–H and O–H groups in total. The monoisotopic (exact) mass is 301 g/mol. The van der Waals surface area contributed by atoms with Gasteiger partial charge in [-0.05, 0) is 49.4 Å². The molecule has 0 radical (unpaired) electrons. The van der Waals surface area contributed by atoms with E-state index in [0.717, 1.165) is 31.7 Å². The van der Waals surface area contributed by atoms with E-state index in [1.165, 1.54) is 12.1 Å². The second-order valence-electron chi connectivity index (χ2n) is 5.36. The standard InChI is InChI=1S/C14H20FNO3S/c1-10-8-12(15)6-7-14(10)20(18,19)16-13-5-3-2-4-11(13)9-17/h6-8,11,13,16-17H,2-5,9H2,1H3. The fourth-order valence-electron chi connectivity index (χ4n) is 2.76. The van der Waals surface area contributed by atoms with Crippen molar-refractivity contribution < 1.29 is 17.9 Å². The molecule has 0 bridgehead atoms. The van der Waals surface area contributed by atoms with Crippen molar-refractivity contribution in [3.63, 3.8) is 0 Å². The molecule has 112 valence electrons. The Morgan fingerprint density at radius 3 is 2.70 bits per heavy atom. The van der Waals surface area contributed by atoms with Crippen molar-refractivity contribution in [3.05, 3.63) is 29.6 Å². The number of sulfonamides is 1. The molecule has 1 aromatic carbocycles. The molecule has 0 spiro atoms. The van der Waals surface area contributed by atoms with Gasteiger partial charge in [0, 0.05) is 12.6 Å². The van der Waals surface area contributed by atoms with Gasteiger partial charge in [-0.15, -0.1) is 0 Å². The van der Waals surface area contributed by atoms with E-state index >= 15 is 0 Å². The Morgan fingerprint density at radius 2 is 2.05 bits per heavy atom. The van der Waals surface area contributed by atoms with Crippen LogP contribution in [0.4, 0.5) is 4.39 Å². The van der Waals surface area contributed by atoms with Gasteiger partial charge >= 0.3 is 0 Å². The number of hydrogen-bond acceptors (Lipinski definition) is 3. The van der Waals surface area contributed by atoms with Crippen molar-refractivity contribution in [2.45, 2.75) is 43.5 Å². The number of hydrogen-bond donors (Lipinski definition) is 2. The van der Waals surface area contributed by atoms with Crippen LogP contribution in [0.1, 0.15) is 31.2 Å². The Kier molecular flexibility index (Phi) is 4.78. The minimum atomic E-state index is -3.68. The van der Waals surface area contributed by atoms with E-state index in [4.69, 9.17) is 0 Å². The molecule has 0 aliphatic heterocycles. The highest BCUT2D eigenvalue weighted by atomic mass is 32.2. The van der Waals surface area contributed by atoms with Crippen LogP contribution in [0.15, 0.2) is 23.1 Å². The lowest BCUT2D eigenvalue weighted by Crippen LogP contribution is -2.43. The van der Waals surface area contributed by atoms with Gasteiger partial charge in [-0.1, -0.05) is 12.8 Å². The minimum absolute atomic E-state index is 0.0183. The molecule has 0 aromatic heterocycles. The fraction of sp³-hybridized carbons (Fsp3) is 0.571. The molecular weight excluding hydrogens is 281 g/mol.